The summed E-state index contributed by atoms with van der Waals surface area (Å²) in [6, 6.07) is 2.90. The van der Waals surface area contributed by atoms with Gasteiger partial charge in [0.25, 0.3) is 0 Å². The second-order valence-corrected chi connectivity index (χ2v) is 3.21. The third kappa shape index (κ3) is 4.16. The number of carbonyl (C=O) groups is 1. The molecule has 0 saturated carbocycles. The predicted octanol–water partition coefficient (Wildman–Crippen LogP) is 2.09. The van der Waals surface area contributed by atoms with E-state index in [9.17, 15) is 18.0 Å². The molecule has 15 heavy (non-hydrogen) atoms. The van der Waals surface area contributed by atoms with Crippen molar-refractivity contribution in [1.82, 2.24) is 4.90 Å². The number of carbonyl (C=O) groups excluding carboxylic acids is 1. The van der Waals surface area contributed by atoms with Crippen LogP contribution in [0.5, 0.6) is 0 Å². The average molecular weight is 221 g/mol. The van der Waals surface area contributed by atoms with Crippen LogP contribution in [0.4, 0.5) is 13.2 Å². The zero-order valence-corrected chi connectivity index (χ0v) is 8.04. The van der Waals surface area contributed by atoms with Crippen LogP contribution in [0.25, 0.3) is 0 Å². The van der Waals surface area contributed by atoms with Gasteiger partial charge >= 0.3 is 6.18 Å². The summed E-state index contributed by atoms with van der Waals surface area (Å²) in [5.41, 5.74) is 0. The highest BCUT2D eigenvalue weighted by Crippen LogP contribution is 2.17. The fourth-order valence-corrected chi connectivity index (χ4v) is 1.17. The Morgan fingerprint density at radius 1 is 1.47 bits per heavy atom. The molecule has 0 aromatic carbocycles. The fourth-order valence-electron chi connectivity index (χ4n) is 1.17. The number of hydrogen-bond acceptors (Lipinski definition) is 3. The number of rotatable bonds is 4. The van der Waals surface area contributed by atoms with Crippen LogP contribution < -0.4 is 0 Å². The standard InChI is InChI=1S/C9H10F3NO2/c1-13(6-9(10,11)12)4-7-2-3-8(5-14)15-7/h2-3,5H,4,6H2,1H3. The van der Waals surface area contributed by atoms with Gasteiger partial charge < -0.3 is 4.42 Å². The molecule has 0 radical (unpaired) electrons. The zero-order valence-electron chi connectivity index (χ0n) is 8.04. The van der Waals surface area contributed by atoms with Gasteiger partial charge in [-0.3, -0.25) is 9.69 Å². The second kappa shape index (κ2) is 4.48. The maximum Gasteiger partial charge on any atom is 0.401 e. The first-order valence-electron chi connectivity index (χ1n) is 4.20. The lowest BCUT2D eigenvalue weighted by atomic mass is 10.4. The van der Waals surface area contributed by atoms with E-state index in [0.717, 1.165) is 4.90 Å². The molecular formula is C9H10F3NO2. The van der Waals surface area contributed by atoms with Crippen molar-refractivity contribution in [2.75, 3.05) is 13.6 Å². The lowest BCUT2D eigenvalue weighted by Gasteiger charge is -2.16. The number of aldehydes is 1. The third-order valence-electron chi connectivity index (χ3n) is 1.67. The molecule has 0 aliphatic carbocycles. The molecular weight excluding hydrogens is 211 g/mol. The molecule has 1 aromatic heterocycles. The highest BCUT2D eigenvalue weighted by atomic mass is 19.4. The molecule has 3 nitrogen and oxygen atoms in total. The van der Waals surface area contributed by atoms with Gasteiger partial charge in [-0.2, -0.15) is 13.2 Å². The molecule has 6 heteroatoms. The summed E-state index contributed by atoms with van der Waals surface area (Å²) >= 11 is 0. The van der Waals surface area contributed by atoms with Crippen LogP contribution in [0, 0.1) is 0 Å². The smallest absolute Gasteiger partial charge is 0.401 e. The number of nitrogens with zero attached hydrogens (tertiary/aromatic N) is 1. The normalized spacial score (nSPS) is 12.1. The first-order valence-corrected chi connectivity index (χ1v) is 4.20. The Balaban J connectivity index is 2.51. The van der Waals surface area contributed by atoms with Gasteiger partial charge in [-0.05, 0) is 19.2 Å². The van der Waals surface area contributed by atoms with Crippen LogP contribution in [-0.2, 0) is 6.54 Å². The Hall–Kier alpha value is -1.30. The van der Waals surface area contributed by atoms with Crippen LogP contribution in [0.15, 0.2) is 16.5 Å². The fraction of sp³-hybridized carbons (Fsp3) is 0.444. The first kappa shape index (κ1) is 11.8. The van der Waals surface area contributed by atoms with Crippen molar-refractivity contribution in [1.29, 1.82) is 0 Å². The van der Waals surface area contributed by atoms with Crippen molar-refractivity contribution in [3.63, 3.8) is 0 Å². The average Bonchev–Trinajstić information content (AvgIpc) is 2.48. The van der Waals surface area contributed by atoms with Gasteiger partial charge in [0, 0.05) is 0 Å². The molecule has 0 N–H and O–H groups in total. The first-order chi connectivity index (χ1) is 6.90. The molecule has 1 rings (SSSR count). The number of furan rings is 1. The van der Waals surface area contributed by atoms with E-state index >= 15 is 0 Å². The minimum absolute atomic E-state index is 0.0212. The summed E-state index contributed by atoms with van der Waals surface area (Å²) in [5, 5.41) is 0. The Kier molecular flexibility index (Phi) is 3.52. The van der Waals surface area contributed by atoms with E-state index in [2.05, 4.69) is 0 Å². The molecule has 0 saturated heterocycles. The summed E-state index contributed by atoms with van der Waals surface area (Å²) in [5.74, 6) is 0.453. The van der Waals surface area contributed by atoms with E-state index in [1.54, 1.807) is 0 Å². The molecule has 84 valence electrons. The van der Waals surface area contributed by atoms with Gasteiger partial charge in [0.15, 0.2) is 12.0 Å². The molecule has 0 bridgehead atoms. The highest BCUT2D eigenvalue weighted by molar-refractivity contribution is 5.70. The van der Waals surface area contributed by atoms with Gasteiger partial charge in [0.1, 0.15) is 5.76 Å². The van der Waals surface area contributed by atoms with Gasteiger partial charge in [-0.25, -0.2) is 0 Å². The van der Waals surface area contributed by atoms with E-state index in [1.807, 2.05) is 0 Å². The van der Waals surface area contributed by atoms with E-state index in [4.69, 9.17) is 4.42 Å². The number of hydrogen-bond donors (Lipinski definition) is 0. The molecule has 0 atom stereocenters. The maximum absolute atomic E-state index is 12.0. The summed E-state index contributed by atoms with van der Waals surface area (Å²) in [6.07, 6.45) is -3.72. The molecule has 1 aromatic rings. The summed E-state index contributed by atoms with van der Waals surface area (Å²) in [6.45, 7) is -0.989. The molecule has 0 unspecified atom stereocenters. The van der Waals surface area contributed by atoms with E-state index in [0.29, 0.717) is 12.0 Å². The molecule has 0 aliphatic heterocycles. The highest BCUT2D eigenvalue weighted by Gasteiger charge is 2.29. The van der Waals surface area contributed by atoms with Crippen molar-refractivity contribution < 1.29 is 22.4 Å². The lowest BCUT2D eigenvalue weighted by molar-refractivity contribution is -0.144. The quantitative estimate of drug-likeness (QED) is 0.730. The van der Waals surface area contributed by atoms with Gasteiger partial charge in [0.2, 0.25) is 0 Å². The maximum atomic E-state index is 12.0. The van der Waals surface area contributed by atoms with E-state index in [1.165, 1.54) is 19.2 Å². The molecule has 0 spiro atoms. The SMILES string of the molecule is CN(Cc1ccc(C=O)o1)CC(F)(F)F. The van der Waals surface area contributed by atoms with E-state index in [-0.39, 0.29) is 12.3 Å². The van der Waals surface area contributed by atoms with Crippen molar-refractivity contribution in [2.45, 2.75) is 12.7 Å². The van der Waals surface area contributed by atoms with Crippen molar-refractivity contribution in [3.05, 3.63) is 23.7 Å². The molecule has 0 amide bonds. The van der Waals surface area contributed by atoms with Crippen LogP contribution in [-0.4, -0.2) is 31.0 Å². The monoisotopic (exact) mass is 221 g/mol. The van der Waals surface area contributed by atoms with Gasteiger partial charge in [-0.1, -0.05) is 0 Å². The van der Waals surface area contributed by atoms with E-state index < -0.39 is 12.7 Å². The van der Waals surface area contributed by atoms with Crippen LogP contribution in [0.3, 0.4) is 0 Å². The Bertz CT molecular complexity index is 332. The molecule has 1 heterocycles. The van der Waals surface area contributed by atoms with Crippen molar-refractivity contribution in [3.8, 4) is 0 Å². The Labute approximate surface area is 84.5 Å². The van der Waals surface area contributed by atoms with Crippen LogP contribution in [0.1, 0.15) is 16.3 Å². The largest absolute Gasteiger partial charge is 0.457 e. The summed E-state index contributed by atoms with van der Waals surface area (Å²) < 4.78 is 40.8. The third-order valence-corrected chi connectivity index (χ3v) is 1.67. The summed E-state index contributed by atoms with van der Waals surface area (Å²) in [7, 11) is 1.33. The minimum atomic E-state index is -4.23. The van der Waals surface area contributed by atoms with Gasteiger partial charge in [0.05, 0.1) is 13.1 Å². The number of alkyl halides is 3. The van der Waals surface area contributed by atoms with Crippen LogP contribution in [0.2, 0.25) is 0 Å². The second-order valence-electron chi connectivity index (χ2n) is 3.21. The summed E-state index contributed by atoms with van der Waals surface area (Å²) in [4.78, 5) is 11.3. The lowest BCUT2D eigenvalue weighted by Crippen LogP contribution is -2.30. The van der Waals surface area contributed by atoms with Crippen molar-refractivity contribution >= 4 is 6.29 Å². The topological polar surface area (TPSA) is 33.5 Å². The molecule has 0 aliphatic rings. The molecule has 0 fully saturated rings. The van der Waals surface area contributed by atoms with Gasteiger partial charge in [-0.15, -0.1) is 0 Å². The number of halogens is 3. The minimum Gasteiger partial charge on any atom is -0.457 e. The van der Waals surface area contributed by atoms with Crippen molar-refractivity contribution in [2.24, 2.45) is 0 Å². The zero-order chi connectivity index (χ0) is 11.5. The Morgan fingerprint density at radius 3 is 2.60 bits per heavy atom. The Morgan fingerprint density at radius 2 is 2.13 bits per heavy atom. The van der Waals surface area contributed by atoms with Crippen LogP contribution >= 0.6 is 0 Å². The predicted molar refractivity (Wildman–Crippen MR) is 46.5 cm³/mol.